The highest BCUT2D eigenvalue weighted by Crippen LogP contribution is 2.33. The van der Waals surface area contributed by atoms with Gasteiger partial charge in [-0.3, -0.25) is 14.5 Å². The molecule has 3 heterocycles. The van der Waals surface area contributed by atoms with Crippen molar-refractivity contribution in [3.05, 3.63) is 56.4 Å². The first kappa shape index (κ1) is 24.1. The Hall–Kier alpha value is -2.60. The van der Waals surface area contributed by atoms with Crippen LogP contribution in [0, 0.1) is 0 Å². The van der Waals surface area contributed by atoms with Crippen molar-refractivity contribution in [1.29, 1.82) is 0 Å². The van der Waals surface area contributed by atoms with Gasteiger partial charge in [-0.15, -0.1) is 11.3 Å². The van der Waals surface area contributed by atoms with Gasteiger partial charge in [-0.2, -0.15) is 0 Å². The molecule has 3 aromatic rings. The van der Waals surface area contributed by atoms with E-state index in [2.05, 4.69) is 9.88 Å². The van der Waals surface area contributed by atoms with Crippen LogP contribution >= 0.6 is 11.3 Å². The second kappa shape index (κ2) is 9.45. The smallest absolute Gasteiger partial charge is 0.259 e. The first-order valence-corrected chi connectivity index (χ1v) is 14.1. The molecule has 186 valence electrons. The first-order valence-electron chi connectivity index (χ1n) is 11.8. The maximum absolute atomic E-state index is 12.9. The summed E-state index contributed by atoms with van der Waals surface area (Å²) in [6, 6.07) is 6.07. The maximum atomic E-state index is 12.9. The Bertz CT molecular complexity index is 1420. The monoisotopic (exact) mass is 515 g/mol. The first-order chi connectivity index (χ1) is 16.7. The number of amides is 1. The Labute approximate surface area is 208 Å². The molecular formula is C24H29N5O4S2. The molecule has 1 amide bonds. The molecule has 5 rings (SSSR count). The number of nitrogens with zero attached hydrogens (tertiary/aromatic N) is 4. The maximum Gasteiger partial charge on any atom is 0.259 e. The number of H-pyrrole nitrogens is 1. The molecule has 1 aromatic carbocycles. The number of piperazine rings is 1. The highest BCUT2D eigenvalue weighted by molar-refractivity contribution is 7.89. The minimum absolute atomic E-state index is 0.0436. The number of aryl methyl sites for hydroxylation is 2. The topological polar surface area (TPSA) is 107 Å². The molecule has 0 unspecified atom stereocenters. The predicted molar refractivity (Wildman–Crippen MR) is 135 cm³/mol. The third-order valence-electron chi connectivity index (χ3n) is 6.79. The van der Waals surface area contributed by atoms with Gasteiger partial charge in [-0.1, -0.05) is 0 Å². The molecule has 1 fully saturated rings. The Morgan fingerprint density at radius 3 is 2.46 bits per heavy atom. The fraction of sp³-hybridized carbons (Fsp3) is 0.458. The van der Waals surface area contributed by atoms with Crippen molar-refractivity contribution in [2.45, 2.75) is 37.1 Å². The highest BCUT2D eigenvalue weighted by Gasteiger charge is 2.25. The van der Waals surface area contributed by atoms with Crippen molar-refractivity contribution >= 4 is 37.5 Å². The van der Waals surface area contributed by atoms with Gasteiger partial charge < -0.3 is 9.88 Å². The fourth-order valence-corrected chi connectivity index (χ4v) is 6.95. The van der Waals surface area contributed by atoms with Crippen LogP contribution in [0.2, 0.25) is 0 Å². The van der Waals surface area contributed by atoms with Gasteiger partial charge in [0.2, 0.25) is 10.0 Å². The van der Waals surface area contributed by atoms with Gasteiger partial charge in [0.1, 0.15) is 10.7 Å². The van der Waals surface area contributed by atoms with Crippen LogP contribution in [-0.2, 0) is 29.4 Å². The summed E-state index contributed by atoms with van der Waals surface area (Å²) < 4.78 is 25.6. The van der Waals surface area contributed by atoms with Gasteiger partial charge in [-0.25, -0.2) is 17.7 Å². The number of hydrogen-bond acceptors (Lipinski definition) is 7. The highest BCUT2D eigenvalue weighted by atomic mass is 32.2. The van der Waals surface area contributed by atoms with Crippen LogP contribution in [0.1, 0.15) is 39.5 Å². The Kier molecular flexibility index (Phi) is 6.51. The van der Waals surface area contributed by atoms with Crippen LogP contribution in [0.4, 0.5) is 0 Å². The van der Waals surface area contributed by atoms with Crippen molar-refractivity contribution in [2.75, 3.05) is 40.3 Å². The lowest BCUT2D eigenvalue weighted by atomic mass is 9.97. The molecule has 1 N–H and O–H groups in total. The zero-order chi connectivity index (χ0) is 24.7. The fourth-order valence-electron chi connectivity index (χ4n) is 4.77. The van der Waals surface area contributed by atoms with E-state index in [-0.39, 0.29) is 16.4 Å². The molecule has 2 aliphatic rings. The second-order valence-electron chi connectivity index (χ2n) is 9.28. The molecule has 1 aliphatic carbocycles. The number of aromatic amines is 1. The lowest BCUT2D eigenvalue weighted by Gasteiger charge is -2.34. The molecular weight excluding hydrogens is 486 g/mol. The van der Waals surface area contributed by atoms with Crippen molar-refractivity contribution in [3.63, 3.8) is 0 Å². The minimum Gasteiger partial charge on any atom is -0.336 e. The molecule has 35 heavy (non-hydrogen) atoms. The number of carbonyl (C=O) groups is 1. The Morgan fingerprint density at radius 2 is 1.77 bits per heavy atom. The summed E-state index contributed by atoms with van der Waals surface area (Å²) in [5.74, 6) is 0.550. The van der Waals surface area contributed by atoms with E-state index in [1.165, 1.54) is 43.1 Å². The number of nitrogens with one attached hydrogen (secondary N) is 1. The van der Waals surface area contributed by atoms with Gasteiger partial charge in [-0.05, 0) is 55.5 Å². The van der Waals surface area contributed by atoms with E-state index in [1.54, 1.807) is 28.4 Å². The van der Waals surface area contributed by atoms with Crippen molar-refractivity contribution in [3.8, 4) is 0 Å². The summed E-state index contributed by atoms with van der Waals surface area (Å²) >= 11 is 1.65. The summed E-state index contributed by atoms with van der Waals surface area (Å²) in [6.07, 6.45) is 4.30. The van der Waals surface area contributed by atoms with E-state index in [4.69, 9.17) is 4.98 Å². The van der Waals surface area contributed by atoms with Gasteiger partial charge >= 0.3 is 0 Å². The number of rotatable bonds is 5. The molecule has 0 bridgehead atoms. The largest absolute Gasteiger partial charge is 0.336 e. The van der Waals surface area contributed by atoms with Gasteiger partial charge in [0, 0.05) is 50.7 Å². The zero-order valence-electron chi connectivity index (χ0n) is 19.9. The number of fused-ring (bicyclic) bond motifs is 3. The minimum atomic E-state index is -3.53. The normalized spacial score (nSPS) is 17.2. The van der Waals surface area contributed by atoms with E-state index < -0.39 is 10.0 Å². The van der Waals surface area contributed by atoms with Crippen LogP contribution in [0.5, 0.6) is 0 Å². The molecule has 1 saturated heterocycles. The predicted octanol–water partition coefficient (Wildman–Crippen LogP) is 2.07. The SMILES string of the molecule is CN(C)S(=O)(=O)c1ccc(C(=O)N2CCN(Cc3nc4sc5c(c4c(=O)[nH]3)CCCC5)CC2)cc1. The van der Waals surface area contributed by atoms with E-state index in [9.17, 15) is 18.0 Å². The molecule has 1 aliphatic heterocycles. The Balaban J connectivity index is 1.22. The number of carbonyl (C=O) groups excluding carboxylic acids is 1. The number of thiophene rings is 1. The number of benzene rings is 1. The molecule has 0 radical (unpaired) electrons. The summed E-state index contributed by atoms with van der Waals surface area (Å²) in [4.78, 5) is 39.8. The van der Waals surface area contributed by atoms with E-state index in [0.29, 0.717) is 44.1 Å². The second-order valence-corrected chi connectivity index (χ2v) is 12.5. The lowest BCUT2D eigenvalue weighted by molar-refractivity contribution is 0.0625. The number of hydrogen-bond donors (Lipinski definition) is 1. The molecule has 2 aromatic heterocycles. The van der Waals surface area contributed by atoms with E-state index in [1.807, 2.05) is 0 Å². The van der Waals surface area contributed by atoms with E-state index in [0.717, 1.165) is 33.8 Å². The number of aromatic nitrogens is 2. The summed E-state index contributed by atoms with van der Waals surface area (Å²) in [6.45, 7) is 2.97. The quantitative estimate of drug-likeness (QED) is 0.558. The lowest BCUT2D eigenvalue weighted by Crippen LogP contribution is -2.48. The van der Waals surface area contributed by atoms with Crippen LogP contribution in [0.15, 0.2) is 34.0 Å². The van der Waals surface area contributed by atoms with Crippen LogP contribution in [0.3, 0.4) is 0 Å². The van der Waals surface area contributed by atoms with Gasteiger partial charge in [0.15, 0.2) is 0 Å². The molecule has 0 atom stereocenters. The standard InChI is InChI=1S/C24H29N5O4S2/c1-27(2)35(32,33)17-9-7-16(8-10-17)24(31)29-13-11-28(12-14-29)15-20-25-22(30)21-18-5-3-4-6-19(18)34-23(21)26-20/h7-10H,3-6,11-15H2,1-2H3,(H,25,26,30). The number of sulfonamides is 1. The Morgan fingerprint density at radius 1 is 1.09 bits per heavy atom. The van der Waals surface area contributed by atoms with Crippen LogP contribution in [0.25, 0.3) is 10.2 Å². The van der Waals surface area contributed by atoms with E-state index >= 15 is 0 Å². The zero-order valence-corrected chi connectivity index (χ0v) is 21.5. The summed E-state index contributed by atoms with van der Waals surface area (Å²) in [7, 11) is -0.574. The average molecular weight is 516 g/mol. The molecule has 9 nitrogen and oxygen atoms in total. The van der Waals surface area contributed by atoms with Gasteiger partial charge in [0.25, 0.3) is 11.5 Å². The average Bonchev–Trinajstić information content (AvgIpc) is 3.23. The third kappa shape index (κ3) is 4.65. The van der Waals surface area contributed by atoms with Crippen LogP contribution in [-0.4, -0.2) is 78.7 Å². The molecule has 11 heteroatoms. The molecule has 0 saturated carbocycles. The molecule has 0 spiro atoms. The van der Waals surface area contributed by atoms with Crippen molar-refractivity contribution in [2.24, 2.45) is 0 Å². The van der Waals surface area contributed by atoms with Crippen molar-refractivity contribution < 1.29 is 13.2 Å². The van der Waals surface area contributed by atoms with Crippen molar-refractivity contribution in [1.82, 2.24) is 24.1 Å². The van der Waals surface area contributed by atoms with Crippen LogP contribution < -0.4 is 5.56 Å². The summed E-state index contributed by atoms with van der Waals surface area (Å²) in [5, 5.41) is 0.772. The third-order valence-corrected chi connectivity index (χ3v) is 9.80. The summed E-state index contributed by atoms with van der Waals surface area (Å²) in [5.41, 5.74) is 1.61. The van der Waals surface area contributed by atoms with Gasteiger partial charge in [0.05, 0.1) is 16.8 Å².